The molecule has 88 valence electrons. The molecule has 0 fully saturated rings. The summed E-state index contributed by atoms with van der Waals surface area (Å²) in [7, 11) is 0. The highest BCUT2D eigenvalue weighted by atomic mass is 16.5. The molecule has 1 amide bonds. The van der Waals surface area contributed by atoms with Crippen molar-refractivity contribution in [1.29, 1.82) is 0 Å². The van der Waals surface area contributed by atoms with Gasteiger partial charge in [-0.25, -0.2) is 4.79 Å². The van der Waals surface area contributed by atoms with E-state index >= 15 is 0 Å². The molecular weight excluding hydrogens is 218 g/mol. The van der Waals surface area contributed by atoms with Gasteiger partial charge in [-0.3, -0.25) is 4.79 Å². The van der Waals surface area contributed by atoms with Gasteiger partial charge in [0, 0.05) is 12.6 Å². The molecule has 1 aromatic rings. The van der Waals surface area contributed by atoms with Gasteiger partial charge in [0.05, 0.1) is 5.56 Å². The molecule has 1 N–H and O–H groups in total. The lowest BCUT2D eigenvalue weighted by molar-refractivity contribution is -0.114. The summed E-state index contributed by atoms with van der Waals surface area (Å²) in [5.74, 6) is 1.66. The predicted octanol–water partition coefficient (Wildman–Crippen LogP) is 1.82. The van der Waals surface area contributed by atoms with Crippen molar-refractivity contribution in [1.82, 2.24) is 0 Å². The number of nitrogens with one attached hydrogen (secondary N) is 1. The van der Waals surface area contributed by atoms with E-state index in [-0.39, 0.29) is 5.91 Å². The van der Waals surface area contributed by atoms with Gasteiger partial charge in [0.25, 0.3) is 0 Å². The second-order valence-electron chi connectivity index (χ2n) is 3.47. The Kier molecular flexibility index (Phi) is 4.29. The smallest absolute Gasteiger partial charge is 0.339 e. The van der Waals surface area contributed by atoms with Gasteiger partial charge in [-0.15, -0.1) is 6.42 Å². The number of amides is 1. The molecule has 1 atom stereocenters. The van der Waals surface area contributed by atoms with Crippen molar-refractivity contribution in [3.8, 4) is 12.3 Å². The topological polar surface area (TPSA) is 55.4 Å². The summed E-state index contributed by atoms with van der Waals surface area (Å²) >= 11 is 0. The molecule has 0 saturated heterocycles. The summed E-state index contributed by atoms with van der Waals surface area (Å²) in [4.78, 5) is 22.3. The third-order valence-corrected chi connectivity index (χ3v) is 1.96. The van der Waals surface area contributed by atoms with E-state index in [1.807, 2.05) is 0 Å². The lowest BCUT2D eigenvalue weighted by Gasteiger charge is -2.07. The van der Waals surface area contributed by atoms with Crippen LogP contribution in [-0.4, -0.2) is 18.0 Å². The van der Waals surface area contributed by atoms with Gasteiger partial charge in [-0.05, 0) is 31.2 Å². The summed E-state index contributed by atoms with van der Waals surface area (Å²) in [5.41, 5.74) is 1.01. The minimum absolute atomic E-state index is 0.165. The zero-order chi connectivity index (χ0) is 12.8. The van der Waals surface area contributed by atoms with Gasteiger partial charge in [-0.2, -0.15) is 0 Å². The molecule has 4 heteroatoms. The fraction of sp³-hybridized carbons (Fsp3) is 0.231. The average molecular weight is 231 g/mol. The van der Waals surface area contributed by atoms with Crippen LogP contribution in [0.4, 0.5) is 5.69 Å². The van der Waals surface area contributed by atoms with Crippen LogP contribution in [0, 0.1) is 12.3 Å². The van der Waals surface area contributed by atoms with Gasteiger partial charge in [-0.1, -0.05) is 5.92 Å². The van der Waals surface area contributed by atoms with Gasteiger partial charge in [0.15, 0.2) is 6.10 Å². The predicted molar refractivity (Wildman–Crippen MR) is 64.5 cm³/mol. The zero-order valence-corrected chi connectivity index (χ0v) is 9.69. The molecule has 0 aromatic heterocycles. The fourth-order valence-electron chi connectivity index (χ4n) is 1.16. The minimum Gasteiger partial charge on any atom is -0.446 e. The Balaban J connectivity index is 2.71. The van der Waals surface area contributed by atoms with Crippen LogP contribution in [0.5, 0.6) is 0 Å². The van der Waals surface area contributed by atoms with Crippen LogP contribution in [0.1, 0.15) is 24.2 Å². The number of hydrogen-bond donors (Lipinski definition) is 1. The largest absolute Gasteiger partial charge is 0.446 e. The minimum atomic E-state index is -0.558. The van der Waals surface area contributed by atoms with Crippen molar-refractivity contribution in [2.45, 2.75) is 20.0 Å². The molecule has 1 rings (SSSR count). The summed E-state index contributed by atoms with van der Waals surface area (Å²) < 4.78 is 4.94. The first kappa shape index (κ1) is 12.8. The first-order valence-electron chi connectivity index (χ1n) is 5.07. The number of ether oxygens (including phenoxy) is 1. The number of hydrogen-bond acceptors (Lipinski definition) is 3. The molecule has 0 aliphatic heterocycles. The highest BCUT2D eigenvalue weighted by Gasteiger charge is 2.09. The van der Waals surface area contributed by atoms with E-state index in [2.05, 4.69) is 11.2 Å². The maximum Gasteiger partial charge on any atom is 0.339 e. The van der Waals surface area contributed by atoms with Crippen molar-refractivity contribution in [3.05, 3.63) is 29.8 Å². The van der Waals surface area contributed by atoms with E-state index in [1.54, 1.807) is 31.2 Å². The van der Waals surface area contributed by atoms with Crippen molar-refractivity contribution in [2.75, 3.05) is 5.32 Å². The van der Waals surface area contributed by atoms with Gasteiger partial charge in [0.2, 0.25) is 5.91 Å². The first-order valence-corrected chi connectivity index (χ1v) is 5.07. The number of benzene rings is 1. The Morgan fingerprint density at radius 1 is 1.35 bits per heavy atom. The fourth-order valence-corrected chi connectivity index (χ4v) is 1.16. The molecule has 1 aromatic carbocycles. The molecule has 0 unspecified atom stereocenters. The molecular formula is C13H13NO3. The molecule has 17 heavy (non-hydrogen) atoms. The highest BCUT2D eigenvalue weighted by molar-refractivity contribution is 5.92. The maximum absolute atomic E-state index is 11.5. The quantitative estimate of drug-likeness (QED) is 0.637. The monoisotopic (exact) mass is 231 g/mol. The number of carbonyl (C=O) groups is 2. The SMILES string of the molecule is C#C[C@H](C)OC(=O)c1ccc(NC(C)=O)cc1. The van der Waals surface area contributed by atoms with Crippen LogP contribution >= 0.6 is 0 Å². The number of anilines is 1. The van der Waals surface area contributed by atoms with Crippen molar-refractivity contribution in [3.63, 3.8) is 0 Å². The van der Waals surface area contributed by atoms with Gasteiger partial charge < -0.3 is 10.1 Å². The number of terminal acetylenes is 1. The van der Waals surface area contributed by atoms with Crippen LogP contribution in [0.25, 0.3) is 0 Å². The zero-order valence-electron chi connectivity index (χ0n) is 9.69. The molecule has 0 saturated carbocycles. The number of carbonyl (C=O) groups excluding carboxylic acids is 2. The van der Waals surface area contributed by atoms with E-state index < -0.39 is 12.1 Å². The summed E-state index contributed by atoms with van der Waals surface area (Å²) in [6.07, 6.45) is 4.54. The standard InChI is InChI=1S/C13H13NO3/c1-4-9(2)17-13(16)11-5-7-12(8-6-11)14-10(3)15/h1,5-9H,2-3H3,(H,14,15)/t9-/m0/s1. The van der Waals surface area contributed by atoms with Crippen LogP contribution in [0.3, 0.4) is 0 Å². The molecule has 4 nitrogen and oxygen atoms in total. The van der Waals surface area contributed by atoms with Crippen molar-refractivity contribution >= 4 is 17.6 Å². The molecule has 0 heterocycles. The molecule has 0 spiro atoms. The summed E-state index contributed by atoms with van der Waals surface area (Å²) in [5, 5.41) is 2.60. The third-order valence-electron chi connectivity index (χ3n) is 1.96. The third kappa shape index (κ3) is 3.99. The van der Waals surface area contributed by atoms with E-state index in [4.69, 9.17) is 11.2 Å². The number of rotatable bonds is 3. The summed E-state index contributed by atoms with van der Waals surface area (Å²) in [6, 6.07) is 6.38. The highest BCUT2D eigenvalue weighted by Crippen LogP contribution is 2.11. The van der Waals surface area contributed by atoms with Crippen molar-refractivity contribution in [2.24, 2.45) is 0 Å². The lowest BCUT2D eigenvalue weighted by atomic mass is 10.2. The Bertz CT molecular complexity index is 457. The van der Waals surface area contributed by atoms with Crippen LogP contribution in [0.15, 0.2) is 24.3 Å². The average Bonchev–Trinajstić information content (AvgIpc) is 2.28. The second-order valence-corrected chi connectivity index (χ2v) is 3.47. The first-order chi connectivity index (χ1) is 8.02. The van der Waals surface area contributed by atoms with Gasteiger partial charge >= 0.3 is 5.97 Å². The molecule has 0 aliphatic carbocycles. The Labute approximate surface area is 100.0 Å². The second kappa shape index (κ2) is 5.71. The molecule has 0 bridgehead atoms. The Morgan fingerprint density at radius 3 is 2.41 bits per heavy atom. The van der Waals surface area contributed by atoms with Crippen LogP contribution < -0.4 is 5.32 Å². The van der Waals surface area contributed by atoms with E-state index in [9.17, 15) is 9.59 Å². The van der Waals surface area contributed by atoms with Gasteiger partial charge in [0.1, 0.15) is 0 Å². The normalized spacial score (nSPS) is 11.1. The summed E-state index contributed by atoms with van der Waals surface area (Å²) in [6.45, 7) is 3.03. The van der Waals surface area contributed by atoms with Crippen LogP contribution in [0.2, 0.25) is 0 Å². The molecule has 0 radical (unpaired) electrons. The Morgan fingerprint density at radius 2 is 1.94 bits per heavy atom. The van der Waals surface area contributed by atoms with Crippen LogP contribution in [-0.2, 0) is 9.53 Å². The Hall–Kier alpha value is -2.28. The molecule has 0 aliphatic rings. The lowest BCUT2D eigenvalue weighted by Crippen LogP contribution is -2.13. The maximum atomic E-state index is 11.5. The number of esters is 1. The van der Waals surface area contributed by atoms with Crippen molar-refractivity contribution < 1.29 is 14.3 Å². The van der Waals surface area contributed by atoms with E-state index in [1.165, 1.54) is 6.92 Å². The van der Waals surface area contributed by atoms with E-state index in [0.29, 0.717) is 11.3 Å². The van der Waals surface area contributed by atoms with E-state index in [0.717, 1.165) is 0 Å².